The summed E-state index contributed by atoms with van der Waals surface area (Å²) in [5.41, 5.74) is -0.249. The first-order valence-electron chi connectivity index (χ1n) is 6.25. The van der Waals surface area contributed by atoms with Crippen molar-refractivity contribution in [2.24, 2.45) is 13.0 Å². The van der Waals surface area contributed by atoms with Gasteiger partial charge in [-0.15, -0.1) is 0 Å². The van der Waals surface area contributed by atoms with Gasteiger partial charge in [-0.2, -0.15) is 0 Å². The molecule has 0 atom stereocenters. The van der Waals surface area contributed by atoms with E-state index in [4.69, 9.17) is 11.6 Å². The van der Waals surface area contributed by atoms with Crippen LogP contribution in [0.25, 0.3) is 0 Å². The molecule has 110 valence electrons. The molecule has 0 aromatic carbocycles. The van der Waals surface area contributed by atoms with Crippen LogP contribution in [0.5, 0.6) is 0 Å². The Morgan fingerprint density at radius 2 is 2.10 bits per heavy atom. The Kier molecular flexibility index (Phi) is 2.94. The molecule has 4 rings (SSSR count). The smallest absolute Gasteiger partial charge is 0.356 e. The number of carbonyl (C=O) groups excluding carboxylic acids is 1. The maximum Gasteiger partial charge on any atom is 0.356 e. The van der Waals surface area contributed by atoms with Crippen molar-refractivity contribution in [2.45, 2.75) is 29.7 Å². The van der Waals surface area contributed by atoms with Crippen LogP contribution < -0.4 is 4.72 Å². The first kappa shape index (κ1) is 13.9. The third-order valence-electron chi connectivity index (χ3n) is 4.15. The molecular weight excluding hydrogens is 304 g/mol. The van der Waals surface area contributed by atoms with Crippen LogP contribution in [0.1, 0.15) is 29.8 Å². The molecule has 3 saturated carbocycles. The van der Waals surface area contributed by atoms with Gasteiger partial charge in [0.1, 0.15) is 10.6 Å². The zero-order valence-electron chi connectivity index (χ0n) is 11.1. The van der Waals surface area contributed by atoms with Gasteiger partial charge in [0.05, 0.1) is 12.1 Å². The van der Waals surface area contributed by atoms with Crippen molar-refractivity contribution in [3.63, 3.8) is 0 Å². The molecule has 0 saturated heterocycles. The molecule has 1 aromatic rings. The molecule has 0 amide bonds. The van der Waals surface area contributed by atoms with Crippen molar-refractivity contribution in [2.75, 3.05) is 7.11 Å². The van der Waals surface area contributed by atoms with Gasteiger partial charge in [-0.3, -0.25) is 0 Å². The molecule has 1 N–H and O–H groups in total. The Balaban J connectivity index is 1.95. The van der Waals surface area contributed by atoms with E-state index in [2.05, 4.69) is 9.46 Å². The summed E-state index contributed by atoms with van der Waals surface area (Å²) in [5, 5.41) is -0.0987. The van der Waals surface area contributed by atoms with Gasteiger partial charge in [0.25, 0.3) is 0 Å². The highest BCUT2D eigenvalue weighted by atomic mass is 35.5. The van der Waals surface area contributed by atoms with Crippen LogP contribution in [0.15, 0.2) is 11.1 Å². The zero-order valence-corrected chi connectivity index (χ0v) is 12.7. The predicted octanol–water partition coefficient (Wildman–Crippen LogP) is 1.30. The minimum absolute atomic E-state index is 0.0344. The van der Waals surface area contributed by atoms with Crippen LogP contribution in [0.3, 0.4) is 0 Å². The molecule has 2 bridgehead atoms. The Morgan fingerprint density at radius 3 is 2.55 bits per heavy atom. The van der Waals surface area contributed by atoms with Crippen LogP contribution in [0.4, 0.5) is 0 Å². The Labute approximate surface area is 122 Å². The second-order valence-corrected chi connectivity index (χ2v) is 7.65. The second kappa shape index (κ2) is 4.22. The fraction of sp³-hybridized carbons (Fsp3) is 0.583. The molecule has 0 aliphatic heterocycles. The van der Waals surface area contributed by atoms with E-state index in [0.717, 1.165) is 19.3 Å². The van der Waals surface area contributed by atoms with Gasteiger partial charge < -0.3 is 9.30 Å². The van der Waals surface area contributed by atoms with E-state index in [-0.39, 0.29) is 21.2 Å². The lowest BCUT2D eigenvalue weighted by Gasteiger charge is -2.61. The molecular formula is C12H15ClN2O4S. The highest BCUT2D eigenvalue weighted by Crippen LogP contribution is 2.57. The third kappa shape index (κ3) is 1.88. The van der Waals surface area contributed by atoms with Crippen LogP contribution in [0, 0.1) is 5.92 Å². The first-order chi connectivity index (χ1) is 9.28. The average molecular weight is 319 g/mol. The molecule has 6 nitrogen and oxygen atoms in total. The van der Waals surface area contributed by atoms with Crippen molar-refractivity contribution >= 4 is 27.6 Å². The summed E-state index contributed by atoms with van der Waals surface area (Å²) in [6.45, 7) is 0. The standard InChI is InChI=1S/C12H15ClN2O4S/c1-15-6-8(9(13)10(15)11(16)19-2)20(17,18)14-12-3-7(4-12)5-12/h6-7,14H,3-5H2,1-2H3. The summed E-state index contributed by atoms with van der Waals surface area (Å²) in [6, 6.07) is 0. The quantitative estimate of drug-likeness (QED) is 0.849. The van der Waals surface area contributed by atoms with Crippen molar-refractivity contribution in [3.8, 4) is 0 Å². The number of nitrogens with zero attached hydrogens (tertiary/aromatic N) is 1. The second-order valence-electron chi connectivity index (χ2n) is 5.62. The average Bonchev–Trinajstić information content (AvgIpc) is 2.58. The number of nitrogens with one attached hydrogen (secondary N) is 1. The SMILES string of the molecule is COC(=O)c1c(Cl)c(S(=O)(=O)NC23CC(C2)C3)cn1C. The Hall–Kier alpha value is -1.05. The lowest BCUT2D eigenvalue weighted by atomic mass is 9.50. The van der Waals surface area contributed by atoms with E-state index in [9.17, 15) is 13.2 Å². The van der Waals surface area contributed by atoms with E-state index < -0.39 is 16.0 Å². The summed E-state index contributed by atoms with van der Waals surface area (Å²) in [6.07, 6.45) is 4.00. The number of aryl methyl sites for hydroxylation is 1. The number of sulfonamides is 1. The highest BCUT2D eigenvalue weighted by molar-refractivity contribution is 7.89. The fourth-order valence-corrected chi connectivity index (χ4v) is 5.15. The molecule has 0 spiro atoms. The van der Waals surface area contributed by atoms with Crippen molar-refractivity contribution < 1.29 is 17.9 Å². The molecule has 8 heteroatoms. The van der Waals surface area contributed by atoms with Crippen LogP contribution in [0.2, 0.25) is 5.02 Å². The lowest BCUT2D eigenvalue weighted by molar-refractivity contribution is -0.0317. The van der Waals surface area contributed by atoms with E-state index in [1.165, 1.54) is 17.9 Å². The predicted molar refractivity (Wildman–Crippen MR) is 72.2 cm³/mol. The minimum atomic E-state index is -3.73. The number of halogens is 1. The number of hydrogen-bond donors (Lipinski definition) is 1. The summed E-state index contributed by atoms with van der Waals surface area (Å²) in [4.78, 5) is 11.5. The molecule has 20 heavy (non-hydrogen) atoms. The van der Waals surface area contributed by atoms with Gasteiger partial charge in [-0.25, -0.2) is 17.9 Å². The van der Waals surface area contributed by atoms with E-state index in [0.29, 0.717) is 5.92 Å². The van der Waals surface area contributed by atoms with Gasteiger partial charge in [0.2, 0.25) is 10.0 Å². The van der Waals surface area contributed by atoms with Gasteiger partial charge >= 0.3 is 5.97 Å². The fourth-order valence-electron chi connectivity index (χ4n) is 3.03. The number of hydrogen-bond acceptors (Lipinski definition) is 4. The monoisotopic (exact) mass is 318 g/mol. The van der Waals surface area contributed by atoms with Crippen LogP contribution >= 0.6 is 11.6 Å². The summed E-state index contributed by atoms with van der Waals surface area (Å²) in [5.74, 6) is -0.000888. The Bertz CT molecular complexity index is 678. The van der Waals surface area contributed by atoms with Gasteiger partial charge in [-0.05, 0) is 25.2 Å². The summed E-state index contributed by atoms with van der Waals surface area (Å²) < 4.78 is 33.5. The van der Waals surface area contributed by atoms with Crippen LogP contribution in [-0.4, -0.2) is 31.6 Å². The zero-order chi connectivity index (χ0) is 14.7. The minimum Gasteiger partial charge on any atom is -0.464 e. The Morgan fingerprint density at radius 1 is 1.50 bits per heavy atom. The third-order valence-corrected chi connectivity index (χ3v) is 6.23. The normalized spacial score (nSPS) is 27.6. The van der Waals surface area contributed by atoms with E-state index >= 15 is 0 Å². The van der Waals surface area contributed by atoms with E-state index in [1.54, 1.807) is 7.05 Å². The van der Waals surface area contributed by atoms with Crippen LogP contribution in [-0.2, 0) is 21.8 Å². The number of carbonyl (C=O) groups is 1. The van der Waals surface area contributed by atoms with Crippen molar-refractivity contribution in [1.82, 2.24) is 9.29 Å². The molecule has 0 radical (unpaired) electrons. The van der Waals surface area contributed by atoms with Crippen molar-refractivity contribution in [1.29, 1.82) is 0 Å². The topological polar surface area (TPSA) is 77.4 Å². The number of aromatic nitrogens is 1. The molecule has 3 aliphatic rings. The summed E-state index contributed by atoms with van der Waals surface area (Å²) in [7, 11) is -0.950. The maximum absolute atomic E-state index is 12.4. The molecule has 1 aromatic heterocycles. The number of ether oxygens (including phenoxy) is 1. The molecule has 0 unspecified atom stereocenters. The molecule has 1 heterocycles. The maximum atomic E-state index is 12.4. The number of methoxy groups -OCH3 is 1. The highest BCUT2D eigenvalue weighted by Gasteiger charge is 2.58. The summed E-state index contributed by atoms with van der Waals surface area (Å²) >= 11 is 6.05. The van der Waals surface area contributed by atoms with Gasteiger partial charge in [0, 0.05) is 18.8 Å². The number of esters is 1. The number of rotatable bonds is 4. The molecule has 3 aliphatic carbocycles. The van der Waals surface area contributed by atoms with Crippen molar-refractivity contribution in [3.05, 3.63) is 16.9 Å². The largest absolute Gasteiger partial charge is 0.464 e. The van der Waals surface area contributed by atoms with Gasteiger partial charge in [0.15, 0.2) is 0 Å². The lowest BCUT2D eigenvalue weighted by Crippen LogP contribution is -2.67. The first-order valence-corrected chi connectivity index (χ1v) is 8.11. The molecule has 3 fully saturated rings. The van der Waals surface area contributed by atoms with Gasteiger partial charge in [-0.1, -0.05) is 11.6 Å². The van der Waals surface area contributed by atoms with E-state index in [1.807, 2.05) is 0 Å².